The fourth-order valence-electron chi connectivity index (χ4n) is 3.28. The van der Waals surface area contributed by atoms with Gasteiger partial charge in [0.2, 0.25) is 0 Å². The lowest BCUT2D eigenvalue weighted by Gasteiger charge is -2.23. The Bertz CT molecular complexity index is 935. The summed E-state index contributed by atoms with van der Waals surface area (Å²) in [6, 6.07) is 20.8. The van der Waals surface area contributed by atoms with Crippen LogP contribution in [-0.2, 0) is 20.1 Å². The lowest BCUT2D eigenvalue weighted by Crippen LogP contribution is -2.39. The standard InChI is InChI=1S/C24H33N7/c1-4-31(22-14-9-6-10-15-22)17-11-16-25-24(26-18-21-12-7-5-8-13-21)27-19-23-29-28-20(2)30(23)3/h5-10,12-15H,4,11,16-19H2,1-3H3,(H2,25,26,27). The third-order valence-corrected chi connectivity index (χ3v) is 5.26. The van der Waals surface area contributed by atoms with Crippen LogP contribution in [0.25, 0.3) is 0 Å². The lowest BCUT2D eigenvalue weighted by atomic mass is 10.2. The molecule has 3 aromatic rings. The molecule has 0 aliphatic heterocycles. The Labute approximate surface area is 185 Å². The van der Waals surface area contributed by atoms with Crippen LogP contribution in [0.5, 0.6) is 0 Å². The van der Waals surface area contributed by atoms with Crippen molar-refractivity contribution in [3.8, 4) is 0 Å². The molecule has 7 nitrogen and oxygen atoms in total. The SMILES string of the molecule is CCN(CCCNC(=NCc1ccccc1)NCc1nnc(C)n1C)c1ccccc1. The highest BCUT2D eigenvalue weighted by molar-refractivity contribution is 5.79. The van der Waals surface area contributed by atoms with E-state index in [4.69, 9.17) is 4.99 Å². The molecule has 2 aromatic carbocycles. The van der Waals surface area contributed by atoms with Crippen molar-refractivity contribution in [1.29, 1.82) is 0 Å². The Balaban J connectivity index is 1.55. The van der Waals surface area contributed by atoms with Gasteiger partial charge in [0.05, 0.1) is 13.1 Å². The summed E-state index contributed by atoms with van der Waals surface area (Å²) in [5, 5.41) is 15.2. The van der Waals surface area contributed by atoms with Crippen LogP contribution in [0.4, 0.5) is 5.69 Å². The van der Waals surface area contributed by atoms with E-state index in [0.717, 1.165) is 43.7 Å². The molecule has 0 saturated carbocycles. The summed E-state index contributed by atoms with van der Waals surface area (Å²) in [7, 11) is 1.98. The highest BCUT2D eigenvalue weighted by Crippen LogP contribution is 2.12. The van der Waals surface area contributed by atoms with Gasteiger partial charge in [0, 0.05) is 32.4 Å². The predicted molar refractivity (Wildman–Crippen MR) is 127 cm³/mol. The summed E-state index contributed by atoms with van der Waals surface area (Å²) in [6.07, 6.45) is 1.01. The first kappa shape index (κ1) is 22.3. The minimum absolute atomic E-state index is 0.572. The summed E-state index contributed by atoms with van der Waals surface area (Å²) >= 11 is 0. The molecule has 2 N–H and O–H groups in total. The monoisotopic (exact) mass is 419 g/mol. The van der Waals surface area contributed by atoms with E-state index in [-0.39, 0.29) is 0 Å². The van der Waals surface area contributed by atoms with Gasteiger partial charge >= 0.3 is 0 Å². The second-order valence-electron chi connectivity index (χ2n) is 7.42. The Kier molecular flexibility index (Phi) is 8.46. The van der Waals surface area contributed by atoms with Crippen molar-refractivity contribution in [2.24, 2.45) is 12.0 Å². The number of rotatable bonds is 10. The summed E-state index contributed by atoms with van der Waals surface area (Å²) < 4.78 is 1.99. The van der Waals surface area contributed by atoms with Crippen LogP contribution >= 0.6 is 0 Å². The Hall–Kier alpha value is -3.35. The van der Waals surface area contributed by atoms with Crippen molar-refractivity contribution in [3.05, 3.63) is 77.9 Å². The highest BCUT2D eigenvalue weighted by atomic mass is 15.3. The van der Waals surface area contributed by atoms with Gasteiger partial charge in [-0.1, -0.05) is 48.5 Å². The molecule has 0 atom stereocenters. The second kappa shape index (κ2) is 11.7. The number of nitrogens with one attached hydrogen (secondary N) is 2. The zero-order chi connectivity index (χ0) is 21.9. The molecule has 0 amide bonds. The van der Waals surface area contributed by atoms with Crippen LogP contribution in [0.3, 0.4) is 0 Å². The molecule has 0 aliphatic carbocycles. The molecule has 3 rings (SSSR count). The van der Waals surface area contributed by atoms with Gasteiger partial charge in [0.15, 0.2) is 11.8 Å². The van der Waals surface area contributed by atoms with Gasteiger partial charge in [-0.2, -0.15) is 0 Å². The maximum atomic E-state index is 4.76. The Morgan fingerprint density at radius 1 is 1.00 bits per heavy atom. The van der Waals surface area contributed by atoms with E-state index in [1.807, 2.05) is 36.7 Å². The van der Waals surface area contributed by atoms with E-state index < -0.39 is 0 Å². The van der Waals surface area contributed by atoms with Gasteiger partial charge in [-0.15, -0.1) is 10.2 Å². The number of guanidine groups is 1. The van der Waals surface area contributed by atoms with Crippen molar-refractivity contribution in [1.82, 2.24) is 25.4 Å². The lowest BCUT2D eigenvalue weighted by molar-refractivity contribution is 0.688. The van der Waals surface area contributed by atoms with Crippen LogP contribution in [0.2, 0.25) is 0 Å². The first-order valence-electron chi connectivity index (χ1n) is 10.9. The van der Waals surface area contributed by atoms with E-state index in [2.05, 4.69) is 75.1 Å². The third kappa shape index (κ3) is 6.84. The predicted octanol–water partition coefficient (Wildman–Crippen LogP) is 3.28. The summed E-state index contributed by atoms with van der Waals surface area (Å²) in [6.45, 7) is 8.15. The minimum atomic E-state index is 0.572. The van der Waals surface area contributed by atoms with Crippen LogP contribution in [0, 0.1) is 6.92 Å². The number of para-hydroxylation sites is 1. The molecular weight excluding hydrogens is 386 g/mol. The first-order valence-corrected chi connectivity index (χ1v) is 10.9. The molecular formula is C24H33N7. The van der Waals surface area contributed by atoms with Gasteiger partial charge < -0.3 is 20.1 Å². The average Bonchev–Trinajstić information content (AvgIpc) is 3.14. The maximum absolute atomic E-state index is 4.76. The van der Waals surface area contributed by atoms with Crippen LogP contribution in [0.1, 0.15) is 30.6 Å². The average molecular weight is 420 g/mol. The van der Waals surface area contributed by atoms with Crippen LogP contribution in [0.15, 0.2) is 65.7 Å². The number of hydrogen-bond acceptors (Lipinski definition) is 4. The number of anilines is 1. The van der Waals surface area contributed by atoms with Crippen molar-refractivity contribution in [2.75, 3.05) is 24.5 Å². The zero-order valence-electron chi connectivity index (χ0n) is 18.8. The van der Waals surface area contributed by atoms with Crippen LogP contribution < -0.4 is 15.5 Å². The molecule has 1 aromatic heterocycles. The topological polar surface area (TPSA) is 70.4 Å². The van der Waals surface area contributed by atoms with Crippen LogP contribution in [-0.4, -0.2) is 40.4 Å². The van der Waals surface area contributed by atoms with Crippen molar-refractivity contribution < 1.29 is 0 Å². The van der Waals surface area contributed by atoms with E-state index in [1.54, 1.807) is 0 Å². The highest BCUT2D eigenvalue weighted by Gasteiger charge is 2.07. The third-order valence-electron chi connectivity index (χ3n) is 5.26. The number of nitrogens with zero attached hydrogens (tertiary/aromatic N) is 5. The van der Waals surface area contributed by atoms with Gasteiger partial charge in [0.25, 0.3) is 0 Å². The van der Waals surface area contributed by atoms with Gasteiger partial charge in [-0.25, -0.2) is 4.99 Å². The van der Waals surface area contributed by atoms with Gasteiger partial charge in [-0.05, 0) is 38.0 Å². The normalized spacial score (nSPS) is 11.4. The minimum Gasteiger partial charge on any atom is -0.372 e. The zero-order valence-corrected chi connectivity index (χ0v) is 18.8. The number of hydrogen-bond donors (Lipinski definition) is 2. The first-order chi connectivity index (χ1) is 15.2. The van der Waals surface area contributed by atoms with Gasteiger partial charge in [0.1, 0.15) is 5.82 Å². The molecule has 7 heteroatoms. The summed E-state index contributed by atoms with van der Waals surface area (Å²) in [5.41, 5.74) is 2.44. The largest absolute Gasteiger partial charge is 0.372 e. The smallest absolute Gasteiger partial charge is 0.191 e. The van der Waals surface area contributed by atoms with E-state index in [9.17, 15) is 0 Å². The number of aromatic nitrogens is 3. The molecule has 31 heavy (non-hydrogen) atoms. The molecule has 0 fully saturated rings. The molecule has 0 unspecified atom stereocenters. The second-order valence-corrected chi connectivity index (χ2v) is 7.42. The molecule has 0 aliphatic rings. The molecule has 0 spiro atoms. The van der Waals surface area contributed by atoms with Crippen molar-refractivity contribution in [3.63, 3.8) is 0 Å². The van der Waals surface area contributed by atoms with Gasteiger partial charge in [-0.3, -0.25) is 0 Å². The number of benzene rings is 2. The fourth-order valence-corrected chi connectivity index (χ4v) is 3.28. The van der Waals surface area contributed by atoms with E-state index in [1.165, 1.54) is 11.3 Å². The Morgan fingerprint density at radius 2 is 1.71 bits per heavy atom. The molecule has 0 radical (unpaired) electrons. The summed E-state index contributed by atoms with van der Waals surface area (Å²) in [4.78, 5) is 7.15. The van der Waals surface area contributed by atoms with E-state index in [0.29, 0.717) is 13.1 Å². The molecule has 0 saturated heterocycles. The van der Waals surface area contributed by atoms with Crippen molar-refractivity contribution >= 4 is 11.6 Å². The molecule has 0 bridgehead atoms. The fraction of sp³-hybridized carbons (Fsp3) is 0.375. The Morgan fingerprint density at radius 3 is 2.35 bits per heavy atom. The molecule has 164 valence electrons. The quantitative estimate of drug-likeness (QED) is 0.300. The maximum Gasteiger partial charge on any atom is 0.191 e. The summed E-state index contributed by atoms with van der Waals surface area (Å²) in [5.74, 6) is 2.56. The van der Waals surface area contributed by atoms with Crippen molar-refractivity contribution in [2.45, 2.75) is 33.4 Å². The number of aliphatic imine (C=N–C) groups is 1. The number of aryl methyl sites for hydroxylation is 1. The molecule has 1 heterocycles. The van der Waals surface area contributed by atoms with E-state index >= 15 is 0 Å².